The number of amides is 1. The van der Waals surface area contributed by atoms with E-state index in [0.29, 0.717) is 28.7 Å². The second-order valence-corrected chi connectivity index (χ2v) is 7.04. The maximum atomic E-state index is 12.6. The SMILES string of the molecule is C[C@@H](c1cccc([N+](=O)[O-])c1)N(C)C(=O)CCc1ncc(-c2ccccc2Cl)o1. The van der Waals surface area contributed by atoms with E-state index in [1.807, 2.05) is 25.1 Å². The lowest BCUT2D eigenvalue weighted by Gasteiger charge is -2.25. The van der Waals surface area contributed by atoms with Gasteiger partial charge in [0, 0.05) is 37.6 Å². The van der Waals surface area contributed by atoms with E-state index in [1.165, 1.54) is 12.1 Å². The minimum absolute atomic E-state index is 0.00193. The van der Waals surface area contributed by atoms with Crippen LogP contribution in [0.3, 0.4) is 0 Å². The van der Waals surface area contributed by atoms with Gasteiger partial charge in [-0.25, -0.2) is 4.98 Å². The Morgan fingerprint density at radius 2 is 2.03 bits per heavy atom. The largest absolute Gasteiger partial charge is 0.441 e. The summed E-state index contributed by atoms with van der Waals surface area (Å²) in [5.41, 5.74) is 1.45. The van der Waals surface area contributed by atoms with Crippen LogP contribution in [-0.2, 0) is 11.2 Å². The average Bonchev–Trinajstić information content (AvgIpc) is 3.20. The number of rotatable bonds is 7. The second-order valence-electron chi connectivity index (χ2n) is 6.63. The molecule has 150 valence electrons. The molecule has 1 atom stereocenters. The summed E-state index contributed by atoms with van der Waals surface area (Å²) < 4.78 is 5.73. The Bertz CT molecular complexity index is 1030. The lowest BCUT2D eigenvalue weighted by atomic mass is 10.1. The third-order valence-electron chi connectivity index (χ3n) is 4.78. The highest BCUT2D eigenvalue weighted by atomic mass is 35.5. The summed E-state index contributed by atoms with van der Waals surface area (Å²) in [7, 11) is 1.68. The Hall–Kier alpha value is -3.19. The number of hydrogen-bond donors (Lipinski definition) is 0. The zero-order chi connectivity index (χ0) is 21.0. The normalized spacial score (nSPS) is 11.8. The number of nitro benzene ring substituents is 1. The fraction of sp³-hybridized carbons (Fsp3) is 0.238. The van der Waals surface area contributed by atoms with E-state index in [2.05, 4.69) is 4.98 Å². The van der Waals surface area contributed by atoms with Gasteiger partial charge in [-0.05, 0) is 24.6 Å². The summed E-state index contributed by atoms with van der Waals surface area (Å²) in [5.74, 6) is 0.891. The summed E-state index contributed by atoms with van der Waals surface area (Å²) >= 11 is 6.17. The molecule has 2 aromatic carbocycles. The highest BCUT2D eigenvalue weighted by Crippen LogP contribution is 2.28. The molecule has 0 unspecified atom stereocenters. The third-order valence-corrected chi connectivity index (χ3v) is 5.11. The van der Waals surface area contributed by atoms with Crippen LogP contribution in [0.4, 0.5) is 5.69 Å². The predicted octanol–water partition coefficient (Wildman–Crippen LogP) is 5.06. The molecule has 0 saturated carbocycles. The minimum atomic E-state index is -0.447. The standard InChI is InChI=1S/C21H20ClN3O4/c1-14(15-6-5-7-16(12-15)25(27)28)24(2)21(26)11-10-20-23-13-19(29-20)17-8-3-4-9-18(17)22/h3-9,12-14H,10-11H2,1-2H3/t14-/m0/s1. The number of nitrogens with zero attached hydrogens (tertiary/aromatic N) is 3. The number of aromatic nitrogens is 1. The zero-order valence-corrected chi connectivity index (χ0v) is 16.8. The third kappa shape index (κ3) is 4.81. The maximum absolute atomic E-state index is 12.6. The van der Waals surface area contributed by atoms with Gasteiger partial charge in [-0.2, -0.15) is 0 Å². The zero-order valence-electron chi connectivity index (χ0n) is 16.0. The van der Waals surface area contributed by atoms with Crippen LogP contribution in [0.1, 0.15) is 30.8 Å². The lowest BCUT2D eigenvalue weighted by molar-refractivity contribution is -0.384. The van der Waals surface area contributed by atoms with E-state index in [9.17, 15) is 14.9 Å². The highest BCUT2D eigenvalue weighted by molar-refractivity contribution is 6.33. The molecule has 0 aliphatic rings. The maximum Gasteiger partial charge on any atom is 0.269 e. The monoisotopic (exact) mass is 413 g/mol. The van der Waals surface area contributed by atoms with E-state index in [0.717, 1.165) is 5.56 Å². The number of hydrogen-bond acceptors (Lipinski definition) is 5. The molecule has 0 aliphatic carbocycles. The van der Waals surface area contributed by atoms with Crippen molar-refractivity contribution in [2.45, 2.75) is 25.8 Å². The van der Waals surface area contributed by atoms with E-state index >= 15 is 0 Å². The van der Waals surface area contributed by atoms with Gasteiger partial charge in [-0.15, -0.1) is 0 Å². The van der Waals surface area contributed by atoms with Crippen molar-refractivity contribution in [3.63, 3.8) is 0 Å². The smallest absolute Gasteiger partial charge is 0.269 e. The minimum Gasteiger partial charge on any atom is -0.441 e. The number of halogens is 1. The number of carbonyl (C=O) groups excluding carboxylic acids is 1. The molecular weight excluding hydrogens is 394 g/mol. The topological polar surface area (TPSA) is 89.5 Å². The molecule has 0 N–H and O–H groups in total. The van der Waals surface area contributed by atoms with Crippen molar-refractivity contribution < 1.29 is 14.1 Å². The fourth-order valence-electron chi connectivity index (χ4n) is 2.94. The van der Waals surface area contributed by atoms with Crippen LogP contribution in [0.25, 0.3) is 11.3 Å². The van der Waals surface area contributed by atoms with Crippen LogP contribution in [0, 0.1) is 10.1 Å². The summed E-state index contributed by atoms with van der Waals surface area (Å²) in [6, 6.07) is 13.3. The fourth-order valence-corrected chi connectivity index (χ4v) is 3.17. The van der Waals surface area contributed by atoms with Gasteiger partial charge in [0.1, 0.15) is 0 Å². The number of non-ortho nitro benzene ring substituents is 1. The molecule has 1 heterocycles. The summed E-state index contributed by atoms with van der Waals surface area (Å²) in [5, 5.41) is 11.5. The van der Waals surface area contributed by atoms with Crippen molar-refractivity contribution in [1.29, 1.82) is 0 Å². The molecule has 3 aromatic rings. The Kier molecular flexibility index (Phi) is 6.29. The van der Waals surface area contributed by atoms with Gasteiger partial charge in [-0.1, -0.05) is 35.9 Å². The van der Waals surface area contributed by atoms with Crippen LogP contribution >= 0.6 is 11.6 Å². The van der Waals surface area contributed by atoms with Crippen molar-refractivity contribution in [2.24, 2.45) is 0 Å². The molecule has 7 nitrogen and oxygen atoms in total. The van der Waals surface area contributed by atoms with Crippen molar-refractivity contribution in [1.82, 2.24) is 9.88 Å². The first-order chi connectivity index (χ1) is 13.9. The first-order valence-electron chi connectivity index (χ1n) is 9.06. The molecule has 1 aromatic heterocycles. The van der Waals surface area contributed by atoms with Crippen LogP contribution in [-0.4, -0.2) is 27.8 Å². The Labute approximate surface area is 173 Å². The van der Waals surface area contributed by atoms with E-state index < -0.39 is 4.92 Å². The molecule has 0 aliphatic heterocycles. The molecule has 0 saturated heterocycles. The van der Waals surface area contributed by atoms with Gasteiger partial charge >= 0.3 is 0 Å². The second kappa shape index (κ2) is 8.87. The summed E-state index contributed by atoms with van der Waals surface area (Å²) in [4.78, 5) is 28.9. The van der Waals surface area contributed by atoms with Crippen LogP contribution in [0.15, 0.2) is 59.1 Å². The van der Waals surface area contributed by atoms with Gasteiger partial charge in [0.25, 0.3) is 5.69 Å². The molecule has 0 spiro atoms. The number of aryl methyl sites for hydroxylation is 1. The van der Waals surface area contributed by atoms with E-state index in [1.54, 1.807) is 36.3 Å². The van der Waals surface area contributed by atoms with Crippen LogP contribution < -0.4 is 0 Å². The van der Waals surface area contributed by atoms with Crippen molar-refractivity contribution >= 4 is 23.2 Å². The molecule has 0 fully saturated rings. The number of nitro groups is 1. The molecule has 0 bridgehead atoms. The van der Waals surface area contributed by atoms with Gasteiger partial charge in [0.05, 0.1) is 22.2 Å². The first kappa shape index (κ1) is 20.5. The molecule has 29 heavy (non-hydrogen) atoms. The quantitative estimate of drug-likeness (QED) is 0.399. The molecule has 0 radical (unpaired) electrons. The Morgan fingerprint density at radius 1 is 1.28 bits per heavy atom. The Balaban J connectivity index is 1.63. The first-order valence-corrected chi connectivity index (χ1v) is 9.44. The lowest BCUT2D eigenvalue weighted by Crippen LogP contribution is -2.29. The molecule has 1 amide bonds. The van der Waals surface area contributed by atoms with E-state index in [-0.39, 0.29) is 24.1 Å². The number of carbonyl (C=O) groups is 1. The van der Waals surface area contributed by atoms with Crippen molar-refractivity contribution in [2.75, 3.05) is 7.05 Å². The van der Waals surface area contributed by atoms with Gasteiger partial charge in [-0.3, -0.25) is 14.9 Å². The van der Waals surface area contributed by atoms with Crippen molar-refractivity contribution in [3.8, 4) is 11.3 Å². The van der Waals surface area contributed by atoms with E-state index in [4.69, 9.17) is 16.0 Å². The number of oxazole rings is 1. The highest BCUT2D eigenvalue weighted by Gasteiger charge is 2.20. The average molecular weight is 414 g/mol. The van der Waals surface area contributed by atoms with Gasteiger partial charge in [0.2, 0.25) is 5.91 Å². The Morgan fingerprint density at radius 3 is 2.76 bits per heavy atom. The predicted molar refractivity (Wildman–Crippen MR) is 110 cm³/mol. The molecule has 8 heteroatoms. The summed E-state index contributed by atoms with van der Waals surface area (Å²) in [6.45, 7) is 1.83. The van der Waals surface area contributed by atoms with Gasteiger partial charge < -0.3 is 9.32 Å². The number of benzene rings is 2. The van der Waals surface area contributed by atoms with Crippen LogP contribution in [0.5, 0.6) is 0 Å². The summed E-state index contributed by atoms with van der Waals surface area (Å²) in [6.07, 6.45) is 2.14. The van der Waals surface area contributed by atoms with Crippen LogP contribution in [0.2, 0.25) is 5.02 Å². The van der Waals surface area contributed by atoms with Crippen molar-refractivity contribution in [3.05, 3.63) is 81.3 Å². The molecular formula is C21H20ClN3O4. The van der Waals surface area contributed by atoms with Gasteiger partial charge in [0.15, 0.2) is 11.7 Å². The molecule has 3 rings (SSSR count).